The van der Waals surface area contributed by atoms with Crippen LogP contribution in [0.5, 0.6) is 11.8 Å². The molecule has 1 heterocycles. The summed E-state index contributed by atoms with van der Waals surface area (Å²) < 4.78 is 5.73. The van der Waals surface area contributed by atoms with Gasteiger partial charge in [0.15, 0.2) is 0 Å². The number of rotatable bonds is 2. The van der Waals surface area contributed by atoms with Crippen molar-refractivity contribution in [3.8, 4) is 11.8 Å². The van der Waals surface area contributed by atoms with Crippen LogP contribution < -0.4 is 10.5 Å². The molecule has 0 radical (unpaired) electrons. The van der Waals surface area contributed by atoms with Gasteiger partial charge in [0, 0.05) is 5.69 Å². The second kappa shape index (κ2) is 4.31. The molecule has 0 aliphatic rings. The third-order valence-electron chi connectivity index (χ3n) is 3.18. The van der Waals surface area contributed by atoms with Crippen molar-refractivity contribution >= 4 is 16.7 Å². The van der Waals surface area contributed by atoms with E-state index < -0.39 is 0 Å². The molecule has 1 aromatic heterocycles. The number of benzene rings is 2. The molecular weight excluding hydrogens is 238 g/mol. The van der Waals surface area contributed by atoms with Gasteiger partial charge < -0.3 is 15.5 Å². The molecule has 0 fully saturated rings. The van der Waals surface area contributed by atoms with E-state index in [4.69, 9.17) is 10.5 Å². The highest BCUT2D eigenvalue weighted by Crippen LogP contribution is 2.24. The van der Waals surface area contributed by atoms with E-state index in [1.807, 2.05) is 36.4 Å². The molecule has 0 atom stereocenters. The van der Waals surface area contributed by atoms with Crippen LogP contribution in [-0.4, -0.2) is 9.97 Å². The minimum absolute atomic E-state index is 0.476. The highest BCUT2D eigenvalue weighted by molar-refractivity contribution is 5.79. The van der Waals surface area contributed by atoms with E-state index in [-0.39, 0.29) is 0 Å². The van der Waals surface area contributed by atoms with Crippen LogP contribution in [0, 0.1) is 13.8 Å². The maximum atomic E-state index is 5.73. The second-order valence-corrected chi connectivity index (χ2v) is 4.67. The number of hydrogen-bond acceptors (Lipinski definition) is 3. The summed E-state index contributed by atoms with van der Waals surface area (Å²) in [6.45, 7) is 4.13. The molecule has 0 spiro atoms. The molecule has 0 aliphatic heterocycles. The molecule has 3 rings (SSSR count). The summed E-state index contributed by atoms with van der Waals surface area (Å²) >= 11 is 0. The smallest absolute Gasteiger partial charge is 0.300 e. The molecule has 2 aromatic carbocycles. The van der Waals surface area contributed by atoms with Gasteiger partial charge in [-0.25, -0.2) is 0 Å². The Morgan fingerprint density at radius 2 is 1.89 bits per heavy atom. The first-order chi connectivity index (χ1) is 9.11. The molecule has 0 saturated carbocycles. The van der Waals surface area contributed by atoms with Gasteiger partial charge in [0.25, 0.3) is 6.01 Å². The van der Waals surface area contributed by atoms with Crippen LogP contribution in [0.3, 0.4) is 0 Å². The Kier molecular flexibility index (Phi) is 2.63. The SMILES string of the molecule is Cc1ccc(Oc2nc3ccc(N)cc3[nH]2)cc1C. The van der Waals surface area contributed by atoms with Crippen LogP contribution in [0.25, 0.3) is 11.0 Å². The van der Waals surface area contributed by atoms with Gasteiger partial charge in [0.1, 0.15) is 5.75 Å². The zero-order chi connectivity index (χ0) is 13.4. The maximum Gasteiger partial charge on any atom is 0.300 e. The van der Waals surface area contributed by atoms with Gasteiger partial charge in [0.2, 0.25) is 0 Å². The highest BCUT2D eigenvalue weighted by atomic mass is 16.5. The zero-order valence-corrected chi connectivity index (χ0v) is 10.9. The molecule has 19 heavy (non-hydrogen) atoms. The highest BCUT2D eigenvalue weighted by Gasteiger charge is 2.05. The third kappa shape index (κ3) is 2.25. The standard InChI is InChI=1S/C15H15N3O/c1-9-3-5-12(7-10(9)2)19-15-17-13-6-4-11(16)8-14(13)18-15/h3-8H,16H2,1-2H3,(H,17,18). The van der Waals surface area contributed by atoms with Gasteiger partial charge >= 0.3 is 0 Å². The number of nitrogens with zero attached hydrogens (tertiary/aromatic N) is 1. The number of hydrogen-bond donors (Lipinski definition) is 2. The van der Waals surface area contributed by atoms with Gasteiger partial charge in [-0.1, -0.05) is 6.07 Å². The topological polar surface area (TPSA) is 63.9 Å². The average Bonchev–Trinajstić information content (AvgIpc) is 2.75. The predicted molar refractivity (Wildman–Crippen MR) is 76.5 cm³/mol. The van der Waals surface area contributed by atoms with Crippen molar-refractivity contribution in [3.05, 3.63) is 47.5 Å². The first-order valence-corrected chi connectivity index (χ1v) is 6.12. The fourth-order valence-electron chi connectivity index (χ4n) is 1.94. The van der Waals surface area contributed by atoms with Crippen LogP contribution >= 0.6 is 0 Å². The quantitative estimate of drug-likeness (QED) is 0.686. The normalized spacial score (nSPS) is 10.8. The lowest BCUT2D eigenvalue weighted by atomic mass is 10.1. The summed E-state index contributed by atoms with van der Waals surface area (Å²) in [4.78, 5) is 7.47. The fraction of sp³-hybridized carbons (Fsp3) is 0.133. The first-order valence-electron chi connectivity index (χ1n) is 6.12. The number of nitrogens with two attached hydrogens (primary N) is 1. The molecular formula is C15H15N3O. The van der Waals surface area contributed by atoms with Crippen molar-refractivity contribution in [1.82, 2.24) is 9.97 Å². The lowest BCUT2D eigenvalue weighted by Crippen LogP contribution is -1.88. The second-order valence-electron chi connectivity index (χ2n) is 4.67. The predicted octanol–water partition coefficient (Wildman–Crippen LogP) is 3.55. The molecule has 96 valence electrons. The van der Waals surface area contributed by atoms with E-state index in [2.05, 4.69) is 23.8 Å². The number of aromatic amines is 1. The first kappa shape index (κ1) is 11.6. The van der Waals surface area contributed by atoms with E-state index in [0.717, 1.165) is 16.8 Å². The van der Waals surface area contributed by atoms with Crippen LogP contribution in [-0.2, 0) is 0 Å². The summed E-state index contributed by atoms with van der Waals surface area (Å²) in [5.74, 6) is 0.773. The zero-order valence-electron chi connectivity index (χ0n) is 10.9. The van der Waals surface area contributed by atoms with Gasteiger partial charge in [0.05, 0.1) is 11.0 Å². The summed E-state index contributed by atoms with van der Waals surface area (Å²) in [6, 6.07) is 12.0. The number of H-pyrrole nitrogens is 1. The van der Waals surface area contributed by atoms with Crippen molar-refractivity contribution in [2.24, 2.45) is 0 Å². The number of aromatic nitrogens is 2. The molecule has 0 saturated heterocycles. The Labute approximate surface area is 111 Å². The number of fused-ring (bicyclic) bond motifs is 1. The van der Waals surface area contributed by atoms with Gasteiger partial charge in [-0.3, -0.25) is 0 Å². The van der Waals surface area contributed by atoms with Crippen LogP contribution in [0.15, 0.2) is 36.4 Å². The minimum atomic E-state index is 0.476. The largest absolute Gasteiger partial charge is 0.426 e. The van der Waals surface area contributed by atoms with Crippen LogP contribution in [0.1, 0.15) is 11.1 Å². The Morgan fingerprint density at radius 3 is 2.68 bits per heavy atom. The lowest BCUT2D eigenvalue weighted by molar-refractivity contribution is 0.449. The number of anilines is 1. The van der Waals surface area contributed by atoms with Crippen molar-refractivity contribution in [2.75, 3.05) is 5.73 Å². The molecule has 3 aromatic rings. The van der Waals surface area contributed by atoms with E-state index in [9.17, 15) is 0 Å². The molecule has 0 aliphatic carbocycles. The van der Waals surface area contributed by atoms with Gasteiger partial charge in [-0.05, 0) is 55.3 Å². The molecule has 0 unspecified atom stereocenters. The molecule has 0 amide bonds. The van der Waals surface area contributed by atoms with E-state index >= 15 is 0 Å². The summed E-state index contributed by atoms with van der Waals surface area (Å²) in [5.41, 5.74) is 10.6. The summed E-state index contributed by atoms with van der Waals surface area (Å²) in [5, 5.41) is 0. The van der Waals surface area contributed by atoms with Crippen LogP contribution in [0.2, 0.25) is 0 Å². The Morgan fingerprint density at radius 1 is 1.05 bits per heavy atom. The number of nitrogens with one attached hydrogen (secondary N) is 1. The monoisotopic (exact) mass is 253 g/mol. The molecule has 4 nitrogen and oxygen atoms in total. The van der Waals surface area contributed by atoms with Gasteiger partial charge in [-0.15, -0.1) is 0 Å². The van der Waals surface area contributed by atoms with E-state index in [1.165, 1.54) is 11.1 Å². The number of nitrogen functional groups attached to an aromatic ring is 1. The van der Waals surface area contributed by atoms with Crippen molar-refractivity contribution < 1.29 is 4.74 Å². The number of aryl methyl sites for hydroxylation is 2. The van der Waals surface area contributed by atoms with Gasteiger partial charge in [-0.2, -0.15) is 4.98 Å². The lowest BCUT2D eigenvalue weighted by Gasteiger charge is -2.04. The third-order valence-corrected chi connectivity index (χ3v) is 3.18. The van der Waals surface area contributed by atoms with E-state index in [0.29, 0.717) is 11.7 Å². The number of imidazole rings is 1. The Bertz CT molecular complexity index is 746. The minimum Gasteiger partial charge on any atom is -0.426 e. The van der Waals surface area contributed by atoms with Crippen molar-refractivity contribution in [2.45, 2.75) is 13.8 Å². The summed E-state index contributed by atoms with van der Waals surface area (Å²) in [6.07, 6.45) is 0. The fourth-order valence-corrected chi connectivity index (χ4v) is 1.94. The van der Waals surface area contributed by atoms with Crippen molar-refractivity contribution in [1.29, 1.82) is 0 Å². The molecule has 0 bridgehead atoms. The molecule has 3 N–H and O–H groups in total. The molecule has 4 heteroatoms. The Balaban J connectivity index is 1.94. The maximum absolute atomic E-state index is 5.73. The average molecular weight is 253 g/mol. The van der Waals surface area contributed by atoms with Crippen molar-refractivity contribution in [3.63, 3.8) is 0 Å². The Hall–Kier alpha value is -2.49. The number of ether oxygens (including phenoxy) is 1. The van der Waals surface area contributed by atoms with Crippen LogP contribution in [0.4, 0.5) is 5.69 Å². The summed E-state index contributed by atoms with van der Waals surface area (Å²) in [7, 11) is 0. The van der Waals surface area contributed by atoms with E-state index in [1.54, 1.807) is 0 Å².